The topological polar surface area (TPSA) is 111 Å². The number of rotatable bonds is 3. The molecule has 0 spiro atoms. The first-order valence-corrected chi connectivity index (χ1v) is 8.43. The molecule has 1 unspecified atom stereocenters. The summed E-state index contributed by atoms with van der Waals surface area (Å²) in [6.45, 7) is 1.82. The highest BCUT2D eigenvalue weighted by Crippen LogP contribution is 2.40. The molecule has 1 N–H and O–H groups in total. The van der Waals surface area contributed by atoms with Crippen LogP contribution in [0.5, 0.6) is 5.75 Å². The SMILES string of the molecule is CCOC(=O)c1c[nH]c(=O)c2c1OC(=O)CC2c1cccc2nccnc12. The van der Waals surface area contributed by atoms with E-state index in [0.29, 0.717) is 16.6 Å². The Morgan fingerprint density at radius 3 is 2.93 bits per heavy atom. The zero-order valence-electron chi connectivity index (χ0n) is 14.4. The van der Waals surface area contributed by atoms with E-state index in [1.165, 1.54) is 6.20 Å². The van der Waals surface area contributed by atoms with Crippen molar-refractivity contribution in [2.45, 2.75) is 19.3 Å². The molecule has 1 aliphatic rings. The molecule has 1 aliphatic heterocycles. The maximum atomic E-state index is 12.6. The highest BCUT2D eigenvalue weighted by molar-refractivity contribution is 5.95. The Kier molecular flexibility index (Phi) is 4.15. The van der Waals surface area contributed by atoms with Crippen molar-refractivity contribution in [2.75, 3.05) is 6.61 Å². The number of pyridine rings is 1. The minimum absolute atomic E-state index is 0.0100. The monoisotopic (exact) mass is 365 g/mol. The van der Waals surface area contributed by atoms with Crippen LogP contribution in [-0.4, -0.2) is 33.5 Å². The lowest BCUT2D eigenvalue weighted by Gasteiger charge is -2.25. The number of esters is 2. The maximum absolute atomic E-state index is 12.6. The van der Waals surface area contributed by atoms with E-state index < -0.39 is 23.4 Å². The number of fused-ring (bicyclic) bond motifs is 2. The molecule has 136 valence electrons. The van der Waals surface area contributed by atoms with Crippen molar-refractivity contribution < 1.29 is 19.1 Å². The Bertz CT molecular complexity index is 1120. The molecule has 0 amide bonds. The van der Waals surface area contributed by atoms with Crippen LogP contribution in [0.4, 0.5) is 0 Å². The van der Waals surface area contributed by atoms with Gasteiger partial charge in [0.15, 0.2) is 5.75 Å². The van der Waals surface area contributed by atoms with E-state index in [-0.39, 0.29) is 29.9 Å². The first-order chi connectivity index (χ1) is 13.1. The molecule has 3 aromatic rings. The number of nitrogens with one attached hydrogen (secondary N) is 1. The minimum Gasteiger partial charge on any atom is -0.462 e. The van der Waals surface area contributed by atoms with Crippen molar-refractivity contribution >= 4 is 23.0 Å². The van der Waals surface area contributed by atoms with E-state index in [9.17, 15) is 14.4 Å². The van der Waals surface area contributed by atoms with Crippen LogP contribution in [0.25, 0.3) is 11.0 Å². The largest absolute Gasteiger partial charge is 0.462 e. The summed E-state index contributed by atoms with van der Waals surface area (Å²) in [4.78, 5) is 48.3. The van der Waals surface area contributed by atoms with Crippen molar-refractivity contribution in [3.8, 4) is 5.75 Å². The average Bonchev–Trinajstić information content (AvgIpc) is 2.67. The fourth-order valence-electron chi connectivity index (χ4n) is 3.30. The van der Waals surface area contributed by atoms with Gasteiger partial charge in [-0.25, -0.2) is 4.79 Å². The molecule has 2 aromatic heterocycles. The second kappa shape index (κ2) is 6.64. The van der Waals surface area contributed by atoms with Crippen LogP contribution in [0.2, 0.25) is 0 Å². The van der Waals surface area contributed by atoms with E-state index >= 15 is 0 Å². The smallest absolute Gasteiger partial charge is 0.343 e. The van der Waals surface area contributed by atoms with Crippen LogP contribution in [0.3, 0.4) is 0 Å². The Hall–Kier alpha value is -3.55. The summed E-state index contributed by atoms with van der Waals surface area (Å²) >= 11 is 0. The molecule has 27 heavy (non-hydrogen) atoms. The van der Waals surface area contributed by atoms with Gasteiger partial charge in [0.1, 0.15) is 5.56 Å². The Balaban J connectivity index is 1.96. The number of carbonyl (C=O) groups is 2. The van der Waals surface area contributed by atoms with Crippen LogP contribution in [0, 0.1) is 0 Å². The zero-order valence-corrected chi connectivity index (χ0v) is 14.4. The van der Waals surface area contributed by atoms with Crippen molar-refractivity contribution in [1.82, 2.24) is 15.0 Å². The summed E-state index contributed by atoms with van der Waals surface area (Å²) in [6.07, 6.45) is 4.28. The van der Waals surface area contributed by atoms with Gasteiger partial charge in [-0.2, -0.15) is 0 Å². The second-order valence-electron chi connectivity index (χ2n) is 6.00. The summed E-state index contributed by atoms with van der Waals surface area (Å²) < 4.78 is 10.3. The lowest BCUT2D eigenvalue weighted by Crippen LogP contribution is -2.30. The molecule has 0 saturated heterocycles. The molecular formula is C19H15N3O5. The summed E-state index contributed by atoms with van der Waals surface area (Å²) in [5.41, 5.74) is 1.69. The fraction of sp³-hybridized carbons (Fsp3) is 0.211. The zero-order chi connectivity index (χ0) is 19.0. The molecule has 0 radical (unpaired) electrons. The van der Waals surface area contributed by atoms with Gasteiger partial charge in [-0.3, -0.25) is 19.6 Å². The average molecular weight is 365 g/mol. The standard InChI is InChI=1S/C19H15N3O5/c1-2-26-19(25)12-9-22-18(24)15-11(8-14(23)27-17(12)15)10-4-3-5-13-16(10)21-7-6-20-13/h3-7,9,11H,2,8H2,1H3,(H,22,24). The predicted octanol–water partition coefficient (Wildman–Crippen LogP) is 1.94. The number of H-pyrrole nitrogens is 1. The highest BCUT2D eigenvalue weighted by atomic mass is 16.5. The van der Waals surface area contributed by atoms with Crippen molar-refractivity contribution in [2.24, 2.45) is 0 Å². The number of hydrogen-bond donors (Lipinski definition) is 1. The number of aromatic nitrogens is 3. The van der Waals surface area contributed by atoms with Crippen LogP contribution in [0.1, 0.15) is 40.7 Å². The first kappa shape index (κ1) is 16.9. The normalized spacial score (nSPS) is 15.9. The number of benzene rings is 1. The number of ether oxygens (including phenoxy) is 2. The first-order valence-electron chi connectivity index (χ1n) is 8.43. The highest BCUT2D eigenvalue weighted by Gasteiger charge is 2.35. The molecule has 0 fully saturated rings. The molecule has 0 saturated carbocycles. The maximum Gasteiger partial charge on any atom is 0.343 e. The predicted molar refractivity (Wildman–Crippen MR) is 94.7 cm³/mol. The van der Waals surface area contributed by atoms with Crippen LogP contribution in [0.15, 0.2) is 41.6 Å². The Morgan fingerprint density at radius 2 is 2.11 bits per heavy atom. The van der Waals surface area contributed by atoms with Gasteiger partial charge in [0.05, 0.1) is 29.6 Å². The number of carbonyl (C=O) groups excluding carboxylic acids is 2. The summed E-state index contributed by atoms with van der Waals surface area (Å²) in [5.74, 6) is -1.88. The van der Waals surface area contributed by atoms with E-state index in [2.05, 4.69) is 15.0 Å². The third-order valence-electron chi connectivity index (χ3n) is 4.42. The minimum atomic E-state index is -0.670. The van der Waals surface area contributed by atoms with Crippen LogP contribution >= 0.6 is 0 Å². The molecular weight excluding hydrogens is 350 g/mol. The molecule has 8 nitrogen and oxygen atoms in total. The summed E-state index contributed by atoms with van der Waals surface area (Å²) in [6, 6.07) is 5.38. The van der Waals surface area contributed by atoms with Crippen LogP contribution in [-0.2, 0) is 9.53 Å². The molecule has 4 rings (SSSR count). The molecule has 0 bridgehead atoms. The van der Waals surface area contributed by atoms with E-state index in [1.54, 1.807) is 37.5 Å². The third-order valence-corrected chi connectivity index (χ3v) is 4.42. The summed E-state index contributed by atoms with van der Waals surface area (Å²) in [5, 5.41) is 0. The summed E-state index contributed by atoms with van der Waals surface area (Å²) in [7, 11) is 0. The van der Waals surface area contributed by atoms with Gasteiger partial charge >= 0.3 is 11.9 Å². The quantitative estimate of drug-likeness (QED) is 0.706. The van der Waals surface area contributed by atoms with Crippen molar-refractivity contribution in [3.05, 3.63) is 63.8 Å². The van der Waals surface area contributed by atoms with Gasteiger partial charge in [-0.05, 0) is 18.6 Å². The molecule has 1 aromatic carbocycles. The number of hydrogen-bond acceptors (Lipinski definition) is 7. The van der Waals surface area contributed by atoms with E-state index in [4.69, 9.17) is 9.47 Å². The van der Waals surface area contributed by atoms with Gasteiger partial charge in [-0.1, -0.05) is 12.1 Å². The molecule has 0 aliphatic carbocycles. The number of para-hydroxylation sites is 1. The Morgan fingerprint density at radius 1 is 1.30 bits per heavy atom. The fourth-order valence-corrected chi connectivity index (χ4v) is 3.30. The lowest BCUT2D eigenvalue weighted by molar-refractivity contribution is -0.135. The number of nitrogens with zero attached hydrogens (tertiary/aromatic N) is 2. The van der Waals surface area contributed by atoms with E-state index in [0.717, 1.165) is 0 Å². The van der Waals surface area contributed by atoms with Gasteiger partial charge < -0.3 is 14.5 Å². The molecule has 8 heteroatoms. The van der Waals surface area contributed by atoms with E-state index in [1.807, 2.05) is 0 Å². The van der Waals surface area contributed by atoms with Crippen molar-refractivity contribution in [3.63, 3.8) is 0 Å². The lowest BCUT2D eigenvalue weighted by atomic mass is 9.85. The third kappa shape index (κ3) is 2.84. The Labute approximate surface area is 153 Å². The van der Waals surface area contributed by atoms with Crippen LogP contribution < -0.4 is 10.3 Å². The van der Waals surface area contributed by atoms with Gasteiger partial charge in [0.25, 0.3) is 5.56 Å². The molecule has 3 heterocycles. The van der Waals surface area contributed by atoms with Gasteiger partial charge in [-0.15, -0.1) is 0 Å². The number of aromatic amines is 1. The van der Waals surface area contributed by atoms with Gasteiger partial charge in [0.2, 0.25) is 0 Å². The van der Waals surface area contributed by atoms with Crippen molar-refractivity contribution in [1.29, 1.82) is 0 Å². The molecule has 1 atom stereocenters. The second-order valence-corrected chi connectivity index (χ2v) is 6.00. The van der Waals surface area contributed by atoms with Gasteiger partial charge in [0, 0.05) is 24.5 Å².